The van der Waals surface area contributed by atoms with Crippen LogP contribution in [0.1, 0.15) is 31.4 Å². The van der Waals surface area contributed by atoms with Crippen LogP contribution >= 0.6 is 23.2 Å². The van der Waals surface area contributed by atoms with Crippen LogP contribution in [0.25, 0.3) is 0 Å². The molecular weight excluding hydrogens is 568 g/mol. The molecule has 3 rings (SSSR count). The Morgan fingerprint density at radius 2 is 1.79 bits per heavy atom. The lowest BCUT2D eigenvalue weighted by molar-refractivity contribution is -0.121. The van der Waals surface area contributed by atoms with Crippen molar-refractivity contribution in [3.05, 3.63) is 87.7 Å². The Labute approximate surface area is 237 Å². The number of rotatable bonds is 13. The molecule has 0 unspecified atom stereocenters. The summed E-state index contributed by atoms with van der Waals surface area (Å²) in [7, 11) is -4.24. The number of ether oxygens (including phenoxy) is 2. The highest BCUT2D eigenvalue weighted by Gasteiger charge is 2.28. The van der Waals surface area contributed by atoms with Gasteiger partial charge in [-0.1, -0.05) is 36.2 Å². The number of nitrogens with one attached hydrogen (secondary N) is 1. The number of hydrazone groups is 1. The fourth-order valence-corrected chi connectivity index (χ4v) is 5.13. The molecule has 0 saturated carbocycles. The zero-order valence-electron chi connectivity index (χ0n) is 21.4. The van der Waals surface area contributed by atoms with Gasteiger partial charge in [0.2, 0.25) is 10.0 Å². The molecule has 0 atom stereocenters. The molecule has 0 aromatic heterocycles. The van der Waals surface area contributed by atoms with Gasteiger partial charge in [0, 0.05) is 22.2 Å². The van der Waals surface area contributed by atoms with Crippen LogP contribution in [-0.2, 0) is 21.4 Å². The van der Waals surface area contributed by atoms with Gasteiger partial charge in [0.05, 0.1) is 30.9 Å². The second kappa shape index (κ2) is 14.3. The molecule has 1 N–H and O–H groups in total. The summed E-state index contributed by atoms with van der Waals surface area (Å²) >= 11 is 12.0. The molecule has 8 nitrogen and oxygen atoms in total. The van der Waals surface area contributed by atoms with Gasteiger partial charge < -0.3 is 9.47 Å². The molecule has 3 aromatic rings. The van der Waals surface area contributed by atoms with Crippen molar-refractivity contribution in [3.63, 3.8) is 0 Å². The Bertz CT molecular complexity index is 1400. The molecule has 0 spiro atoms. The van der Waals surface area contributed by atoms with Gasteiger partial charge in [0.1, 0.15) is 5.82 Å². The number of amides is 1. The lowest BCUT2D eigenvalue weighted by atomic mass is 10.2. The lowest BCUT2D eigenvalue weighted by Crippen LogP contribution is -2.39. The van der Waals surface area contributed by atoms with Gasteiger partial charge in [0.15, 0.2) is 11.5 Å². The van der Waals surface area contributed by atoms with Gasteiger partial charge in [-0.05, 0) is 73.5 Å². The van der Waals surface area contributed by atoms with E-state index in [4.69, 9.17) is 32.7 Å². The number of benzene rings is 3. The molecule has 0 fully saturated rings. The number of hydrogen-bond acceptors (Lipinski definition) is 6. The molecule has 3 aromatic carbocycles. The van der Waals surface area contributed by atoms with Crippen LogP contribution in [0.4, 0.5) is 4.39 Å². The van der Waals surface area contributed by atoms with Crippen LogP contribution in [0, 0.1) is 5.82 Å². The smallest absolute Gasteiger partial charge is 0.255 e. The van der Waals surface area contributed by atoms with E-state index in [-0.39, 0.29) is 15.5 Å². The zero-order valence-corrected chi connectivity index (χ0v) is 23.7. The molecule has 0 aliphatic carbocycles. The molecule has 1 amide bonds. The van der Waals surface area contributed by atoms with Gasteiger partial charge in [-0.25, -0.2) is 18.2 Å². The molecular formula is C27H28Cl2FN3O5S. The third-order valence-electron chi connectivity index (χ3n) is 5.30. The van der Waals surface area contributed by atoms with Crippen molar-refractivity contribution in [1.82, 2.24) is 9.73 Å². The molecule has 0 saturated heterocycles. The highest BCUT2D eigenvalue weighted by atomic mass is 35.5. The summed E-state index contributed by atoms with van der Waals surface area (Å²) in [6.45, 7) is 3.69. The number of hydrogen-bond donors (Lipinski definition) is 1. The number of carbonyl (C=O) groups excluding carboxylic acids is 1. The minimum Gasteiger partial charge on any atom is -0.490 e. The molecule has 0 aliphatic heterocycles. The Balaban J connectivity index is 1.79. The van der Waals surface area contributed by atoms with E-state index in [1.807, 2.05) is 13.8 Å². The molecule has 12 heteroatoms. The van der Waals surface area contributed by atoms with Crippen LogP contribution in [-0.4, -0.2) is 44.6 Å². The molecule has 39 heavy (non-hydrogen) atoms. The maximum Gasteiger partial charge on any atom is 0.255 e. The lowest BCUT2D eigenvalue weighted by Gasteiger charge is -2.22. The summed E-state index contributed by atoms with van der Waals surface area (Å²) in [6.07, 6.45) is 2.23. The van der Waals surface area contributed by atoms with E-state index in [1.165, 1.54) is 42.6 Å². The average Bonchev–Trinajstić information content (AvgIpc) is 2.90. The van der Waals surface area contributed by atoms with Crippen molar-refractivity contribution in [2.45, 2.75) is 31.7 Å². The van der Waals surface area contributed by atoms with E-state index in [2.05, 4.69) is 10.5 Å². The number of nitrogens with zero attached hydrogens (tertiary/aromatic N) is 2. The van der Waals surface area contributed by atoms with Crippen molar-refractivity contribution in [2.24, 2.45) is 5.10 Å². The summed E-state index contributed by atoms with van der Waals surface area (Å²) in [4.78, 5) is 12.6. The van der Waals surface area contributed by atoms with Crippen molar-refractivity contribution in [1.29, 1.82) is 0 Å². The highest BCUT2D eigenvalue weighted by Crippen LogP contribution is 2.28. The summed E-state index contributed by atoms with van der Waals surface area (Å²) < 4.78 is 53.4. The largest absolute Gasteiger partial charge is 0.490 e. The van der Waals surface area contributed by atoms with E-state index >= 15 is 0 Å². The number of carbonyl (C=O) groups is 1. The van der Waals surface area contributed by atoms with Gasteiger partial charge in [-0.3, -0.25) is 4.79 Å². The molecule has 0 aliphatic rings. The van der Waals surface area contributed by atoms with Crippen molar-refractivity contribution >= 4 is 45.3 Å². The fourth-order valence-electron chi connectivity index (χ4n) is 3.42. The molecule has 0 radical (unpaired) electrons. The topological polar surface area (TPSA) is 97.3 Å². The summed E-state index contributed by atoms with van der Waals surface area (Å²) in [5.74, 6) is -0.323. The van der Waals surface area contributed by atoms with Gasteiger partial charge >= 0.3 is 0 Å². The van der Waals surface area contributed by atoms with Crippen molar-refractivity contribution < 1.29 is 27.1 Å². The monoisotopic (exact) mass is 595 g/mol. The number of halogens is 3. The Hall–Kier alpha value is -3.18. The van der Waals surface area contributed by atoms with E-state index in [0.717, 1.165) is 16.8 Å². The normalized spacial score (nSPS) is 11.6. The third kappa shape index (κ3) is 8.40. The molecule has 0 bridgehead atoms. The second-order valence-corrected chi connectivity index (χ2v) is 11.0. The highest BCUT2D eigenvalue weighted by molar-refractivity contribution is 7.89. The average molecular weight is 597 g/mol. The maximum absolute atomic E-state index is 14.5. The van der Waals surface area contributed by atoms with E-state index in [0.29, 0.717) is 35.3 Å². The van der Waals surface area contributed by atoms with Crippen molar-refractivity contribution in [2.75, 3.05) is 19.8 Å². The van der Waals surface area contributed by atoms with Crippen LogP contribution in [0.15, 0.2) is 70.7 Å². The Morgan fingerprint density at radius 3 is 2.46 bits per heavy atom. The third-order valence-corrected chi connectivity index (χ3v) is 7.71. The zero-order chi connectivity index (χ0) is 28.4. The van der Waals surface area contributed by atoms with Crippen LogP contribution in [0.5, 0.6) is 11.5 Å². The van der Waals surface area contributed by atoms with Gasteiger partial charge in [-0.15, -0.1) is 0 Å². The molecule has 0 heterocycles. The first-order valence-electron chi connectivity index (χ1n) is 12.1. The summed E-state index contributed by atoms with van der Waals surface area (Å²) in [5, 5.41) is 4.30. The predicted octanol–water partition coefficient (Wildman–Crippen LogP) is 5.66. The van der Waals surface area contributed by atoms with Crippen LogP contribution in [0.2, 0.25) is 10.0 Å². The standard InChI is InChI=1S/C27H28Cl2FN3O5S/c1-3-14-38-25-13-8-19(15-26(25)37-4-2)16-31-32-27(34)18-33(17-22-23(29)6-5-7-24(22)30)39(35,36)21-11-9-20(28)10-12-21/h5-13,15-16H,3-4,14,17-18H2,1-2H3,(H,32,34)/b31-16-. The van der Waals surface area contributed by atoms with E-state index < -0.39 is 34.8 Å². The van der Waals surface area contributed by atoms with Crippen LogP contribution < -0.4 is 14.9 Å². The molecule has 208 valence electrons. The van der Waals surface area contributed by atoms with Crippen molar-refractivity contribution in [3.8, 4) is 11.5 Å². The van der Waals surface area contributed by atoms with Crippen LogP contribution in [0.3, 0.4) is 0 Å². The van der Waals surface area contributed by atoms with Gasteiger partial charge in [-0.2, -0.15) is 9.41 Å². The fraction of sp³-hybridized carbons (Fsp3) is 0.259. The first kappa shape index (κ1) is 30.4. The second-order valence-electron chi connectivity index (χ2n) is 8.21. The van der Waals surface area contributed by atoms with Gasteiger partial charge in [0.25, 0.3) is 5.91 Å². The maximum atomic E-state index is 14.5. The van der Waals surface area contributed by atoms with E-state index in [1.54, 1.807) is 18.2 Å². The quantitative estimate of drug-likeness (QED) is 0.203. The first-order chi connectivity index (χ1) is 18.6. The minimum absolute atomic E-state index is 0.0289. The Kier molecular flexibility index (Phi) is 11.1. The SMILES string of the molecule is CCCOc1ccc(/C=N\NC(=O)CN(Cc2c(F)cccc2Cl)S(=O)(=O)c2ccc(Cl)cc2)cc1OCC. The number of sulfonamides is 1. The summed E-state index contributed by atoms with van der Waals surface area (Å²) in [5.41, 5.74) is 2.86. The van der Waals surface area contributed by atoms with E-state index in [9.17, 15) is 17.6 Å². The summed E-state index contributed by atoms with van der Waals surface area (Å²) in [6, 6.07) is 14.6. The predicted molar refractivity (Wildman–Crippen MR) is 150 cm³/mol. The Morgan fingerprint density at radius 1 is 1.05 bits per heavy atom. The first-order valence-corrected chi connectivity index (χ1v) is 14.3. The minimum atomic E-state index is -4.24.